The van der Waals surface area contributed by atoms with E-state index < -0.39 is 10.8 Å². The van der Waals surface area contributed by atoms with Gasteiger partial charge in [-0.1, -0.05) is 64.1 Å². The van der Waals surface area contributed by atoms with Gasteiger partial charge in [-0.25, -0.2) is 0 Å². The predicted molar refractivity (Wildman–Crippen MR) is 98.7 cm³/mol. The maximum absolute atomic E-state index is 12.6. The predicted octanol–water partition coefficient (Wildman–Crippen LogP) is 4.85. The number of para-hydroxylation sites is 1. The molecule has 1 amide bonds. The Labute approximate surface area is 148 Å². The third-order valence-electron chi connectivity index (χ3n) is 4.26. The lowest BCUT2D eigenvalue weighted by molar-refractivity contribution is -0.385. The molecular weight excluding hydrogens is 316 g/mol. The maximum atomic E-state index is 12.6. The molecule has 0 aliphatic carbocycles. The topological polar surface area (TPSA) is 72.2 Å². The molecule has 0 saturated carbocycles. The molecule has 0 saturated heterocycles. The van der Waals surface area contributed by atoms with E-state index in [1.54, 1.807) is 12.1 Å². The summed E-state index contributed by atoms with van der Waals surface area (Å²) in [5, 5.41) is 14.1. The third-order valence-corrected chi connectivity index (χ3v) is 4.26. The van der Waals surface area contributed by atoms with Crippen molar-refractivity contribution in [2.45, 2.75) is 39.7 Å². The first kappa shape index (κ1) is 18.6. The number of nitrogens with zero attached hydrogens (tertiary/aromatic N) is 1. The van der Waals surface area contributed by atoms with Gasteiger partial charge in [0.05, 0.1) is 11.0 Å². The number of benzene rings is 2. The van der Waals surface area contributed by atoms with Crippen LogP contribution >= 0.6 is 0 Å². The summed E-state index contributed by atoms with van der Waals surface area (Å²) in [5.41, 5.74) is 2.12. The zero-order valence-electron chi connectivity index (χ0n) is 15.0. The Morgan fingerprint density at radius 2 is 1.52 bits per heavy atom. The van der Waals surface area contributed by atoms with Crippen LogP contribution in [0.25, 0.3) is 0 Å². The second kappa shape index (κ2) is 7.92. The number of carbonyl (C=O) groups is 1. The van der Waals surface area contributed by atoms with Gasteiger partial charge in [0.25, 0.3) is 11.6 Å². The van der Waals surface area contributed by atoms with Crippen LogP contribution in [-0.2, 0) is 0 Å². The highest BCUT2D eigenvalue weighted by Crippen LogP contribution is 2.26. The van der Waals surface area contributed by atoms with Crippen molar-refractivity contribution in [3.8, 4) is 0 Å². The number of nitro groups is 1. The van der Waals surface area contributed by atoms with E-state index in [0.29, 0.717) is 5.92 Å². The lowest BCUT2D eigenvalue weighted by atomic mass is 9.93. The third kappa shape index (κ3) is 4.44. The highest BCUT2D eigenvalue weighted by atomic mass is 16.6. The largest absolute Gasteiger partial charge is 0.345 e. The summed E-state index contributed by atoms with van der Waals surface area (Å²) in [4.78, 5) is 23.2. The van der Waals surface area contributed by atoms with Gasteiger partial charge in [0, 0.05) is 6.07 Å². The normalized spacial score (nSPS) is 12.2. The van der Waals surface area contributed by atoms with Crippen molar-refractivity contribution in [1.29, 1.82) is 0 Å². The van der Waals surface area contributed by atoms with Gasteiger partial charge >= 0.3 is 0 Å². The first-order chi connectivity index (χ1) is 11.8. The molecule has 132 valence electrons. The summed E-state index contributed by atoms with van der Waals surface area (Å²) in [6.45, 7) is 8.29. The molecule has 1 N–H and O–H groups in total. The molecule has 0 aliphatic heterocycles. The Morgan fingerprint density at radius 3 is 2.04 bits per heavy atom. The molecule has 25 heavy (non-hydrogen) atoms. The van der Waals surface area contributed by atoms with Gasteiger partial charge in [0.1, 0.15) is 5.56 Å². The van der Waals surface area contributed by atoms with Crippen molar-refractivity contribution in [1.82, 2.24) is 5.32 Å². The number of nitro benzene ring substituents is 1. The van der Waals surface area contributed by atoms with Crippen LogP contribution in [0.2, 0.25) is 0 Å². The lowest BCUT2D eigenvalue weighted by Crippen LogP contribution is -2.32. The summed E-state index contributed by atoms with van der Waals surface area (Å²) >= 11 is 0. The quantitative estimate of drug-likeness (QED) is 0.604. The first-order valence-electron chi connectivity index (χ1n) is 8.45. The Kier molecular flexibility index (Phi) is 5.91. The molecule has 2 aromatic rings. The minimum Gasteiger partial charge on any atom is -0.345 e. The van der Waals surface area contributed by atoms with Crippen molar-refractivity contribution < 1.29 is 9.72 Å². The Hall–Kier alpha value is -2.69. The summed E-state index contributed by atoms with van der Waals surface area (Å²) < 4.78 is 0. The Bertz CT molecular complexity index is 752. The van der Waals surface area contributed by atoms with Crippen molar-refractivity contribution in [3.05, 3.63) is 75.3 Å². The molecule has 0 aliphatic rings. The van der Waals surface area contributed by atoms with Crippen LogP contribution in [0.5, 0.6) is 0 Å². The molecule has 5 nitrogen and oxygen atoms in total. The molecule has 5 heteroatoms. The number of rotatable bonds is 6. The highest BCUT2D eigenvalue weighted by Gasteiger charge is 2.24. The van der Waals surface area contributed by atoms with Gasteiger partial charge in [-0.2, -0.15) is 0 Å². The van der Waals surface area contributed by atoms with E-state index >= 15 is 0 Å². The fraction of sp³-hybridized carbons (Fsp3) is 0.350. The van der Waals surface area contributed by atoms with Crippen LogP contribution in [0.15, 0.2) is 48.5 Å². The number of hydrogen-bond acceptors (Lipinski definition) is 3. The standard InChI is InChI=1S/C20H24N2O3/c1-13(2)15-9-11-16(12-10-15)19(14(3)4)21-20(23)17-7-5-6-8-18(17)22(24)25/h5-14,19H,1-4H3,(H,21,23). The average molecular weight is 340 g/mol. The van der Waals surface area contributed by atoms with Crippen molar-refractivity contribution in [2.24, 2.45) is 5.92 Å². The van der Waals surface area contributed by atoms with Crippen LogP contribution in [-0.4, -0.2) is 10.8 Å². The molecule has 0 fully saturated rings. The summed E-state index contributed by atoms with van der Waals surface area (Å²) in [5.74, 6) is 0.156. The van der Waals surface area contributed by atoms with Crippen LogP contribution in [0.3, 0.4) is 0 Å². The number of nitrogens with one attached hydrogen (secondary N) is 1. The maximum Gasteiger partial charge on any atom is 0.282 e. The zero-order valence-corrected chi connectivity index (χ0v) is 15.0. The zero-order chi connectivity index (χ0) is 18.6. The second-order valence-electron chi connectivity index (χ2n) is 6.79. The van der Waals surface area contributed by atoms with Gasteiger partial charge in [-0.05, 0) is 29.0 Å². The molecule has 0 radical (unpaired) electrons. The summed E-state index contributed by atoms with van der Waals surface area (Å²) in [6.07, 6.45) is 0. The van der Waals surface area contributed by atoms with Crippen LogP contribution in [0.4, 0.5) is 5.69 Å². The van der Waals surface area contributed by atoms with E-state index in [4.69, 9.17) is 0 Å². The minimum atomic E-state index is -0.531. The van der Waals surface area contributed by atoms with Gasteiger partial charge in [-0.3, -0.25) is 14.9 Å². The van der Waals surface area contributed by atoms with Crippen molar-refractivity contribution in [3.63, 3.8) is 0 Å². The highest BCUT2D eigenvalue weighted by molar-refractivity contribution is 5.98. The molecule has 0 bridgehead atoms. The smallest absolute Gasteiger partial charge is 0.282 e. The molecule has 2 rings (SSSR count). The van der Waals surface area contributed by atoms with Crippen LogP contribution < -0.4 is 5.32 Å². The van der Waals surface area contributed by atoms with Gasteiger partial charge in [0.2, 0.25) is 0 Å². The Morgan fingerprint density at radius 1 is 0.960 bits per heavy atom. The average Bonchev–Trinajstić information content (AvgIpc) is 2.59. The molecule has 2 aromatic carbocycles. The van der Waals surface area contributed by atoms with E-state index in [0.717, 1.165) is 5.56 Å². The fourth-order valence-electron chi connectivity index (χ4n) is 2.77. The minimum absolute atomic E-state index is 0.0805. The number of carbonyl (C=O) groups excluding carboxylic acids is 1. The molecular formula is C20H24N2O3. The number of amides is 1. The second-order valence-corrected chi connectivity index (χ2v) is 6.79. The molecule has 1 unspecified atom stereocenters. The van der Waals surface area contributed by atoms with E-state index in [1.807, 2.05) is 26.0 Å². The van der Waals surface area contributed by atoms with Gasteiger partial charge in [-0.15, -0.1) is 0 Å². The summed E-state index contributed by atoms with van der Waals surface area (Å²) in [7, 11) is 0. The molecule has 0 aromatic heterocycles. The van der Waals surface area contributed by atoms with E-state index in [9.17, 15) is 14.9 Å². The molecule has 0 spiro atoms. The van der Waals surface area contributed by atoms with E-state index in [2.05, 4.69) is 31.3 Å². The fourth-order valence-corrected chi connectivity index (χ4v) is 2.77. The van der Waals surface area contributed by atoms with Gasteiger partial charge < -0.3 is 5.32 Å². The monoisotopic (exact) mass is 340 g/mol. The lowest BCUT2D eigenvalue weighted by Gasteiger charge is -2.23. The van der Waals surface area contributed by atoms with Crippen LogP contribution in [0, 0.1) is 16.0 Å². The SMILES string of the molecule is CC(C)c1ccc(C(NC(=O)c2ccccc2[N+](=O)[O-])C(C)C)cc1. The van der Waals surface area contributed by atoms with Crippen LogP contribution in [0.1, 0.15) is 61.1 Å². The molecule has 0 heterocycles. The van der Waals surface area contributed by atoms with E-state index in [1.165, 1.54) is 17.7 Å². The Balaban J connectivity index is 2.28. The number of hydrogen-bond donors (Lipinski definition) is 1. The van der Waals surface area contributed by atoms with E-state index in [-0.39, 0.29) is 23.2 Å². The molecule has 1 atom stereocenters. The van der Waals surface area contributed by atoms with Gasteiger partial charge in [0.15, 0.2) is 0 Å². The summed E-state index contributed by atoms with van der Waals surface area (Å²) in [6, 6.07) is 13.9. The van der Waals surface area contributed by atoms with Crippen molar-refractivity contribution in [2.75, 3.05) is 0 Å². The van der Waals surface area contributed by atoms with Crippen molar-refractivity contribution >= 4 is 11.6 Å². The first-order valence-corrected chi connectivity index (χ1v) is 8.45.